The van der Waals surface area contributed by atoms with Crippen LogP contribution in [-0.4, -0.2) is 59.7 Å². The molecule has 5 rings (SSSR count). The van der Waals surface area contributed by atoms with E-state index in [0.29, 0.717) is 11.5 Å². The van der Waals surface area contributed by atoms with Gasteiger partial charge in [0.05, 0.1) is 5.39 Å². The zero-order chi connectivity index (χ0) is 22.6. The molecule has 2 aromatic heterocycles. The van der Waals surface area contributed by atoms with E-state index in [4.69, 9.17) is 4.52 Å². The third-order valence-electron chi connectivity index (χ3n) is 7.07. The van der Waals surface area contributed by atoms with Crippen molar-refractivity contribution in [3.05, 3.63) is 54.1 Å². The van der Waals surface area contributed by atoms with Gasteiger partial charge in [-0.05, 0) is 68.8 Å². The van der Waals surface area contributed by atoms with E-state index in [1.807, 2.05) is 12.3 Å². The van der Waals surface area contributed by atoms with Crippen molar-refractivity contribution >= 4 is 22.7 Å². The highest BCUT2D eigenvalue weighted by Crippen LogP contribution is 2.28. The number of rotatable bonds is 6. The van der Waals surface area contributed by atoms with Crippen LogP contribution in [0.2, 0.25) is 0 Å². The maximum absolute atomic E-state index is 13.1. The molecule has 1 aliphatic heterocycles. The number of benzene rings is 1. The highest BCUT2D eigenvalue weighted by molar-refractivity contribution is 5.94. The molecule has 0 unspecified atom stereocenters. The molecule has 3 heterocycles. The fourth-order valence-electron chi connectivity index (χ4n) is 5.01. The lowest BCUT2D eigenvalue weighted by atomic mass is 9.84. The first-order valence-electron chi connectivity index (χ1n) is 11.9. The molecule has 1 aromatic carbocycles. The summed E-state index contributed by atoms with van der Waals surface area (Å²) >= 11 is 0. The van der Waals surface area contributed by atoms with Crippen LogP contribution in [0.15, 0.2) is 47.2 Å². The molecule has 1 saturated carbocycles. The molecule has 2 fully saturated rings. The van der Waals surface area contributed by atoms with Crippen LogP contribution in [0.1, 0.15) is 42.5 Å². The number of hydrogen-bond donors (Lipinski definition) is 1. The maximum atomic E-state index is 13.1. The van der Waals surface area contributed by atoms with Crippen LogP contribution in [-0.2, 0) is 0 Å². The predicted molar refractivity (Wildman–Crippen MR) is 125 cm³/mol. The second-order valence-corrected chi connectivity index (χ2v) is 9.19. The zero-order valence-corrected chi connectivity index (χ0v) is 18.8. The van der Waals surface area contributed by atoms with Gasteiger partial charge in [-0.25, -0.2) is 4.39 Å². The monoisotopic (exact) mass is 451 g/mol. The summed E-state index contributed by atoms with van der Waals surface area (Å²) in [4.78, 5) is 21.4. The quantitative estimate of drug-likeness (QED) is 0.614. The number of pyridine rings is 1. The van der Waals surface area contributed by atoms with Gasteiger partial charge in [-0.1, -0.05) is 5.16 Å². The lowest BCUT2D eigenvalue weighted by Gasteiger charge is -2.36. The molecule has 174 valence electrons. The van der Waals surface area contributed by atoms with E-state index >= 15 is 0 Å². The fourth-order valence-corrected chi connectivity index (χ4v) is 5.01. The van der Waals surface area contributed by atoms with Crippen LogP contribution in [0.5, 0.6) is 0 Å². The summed E-state index contributed by atoms with van der Waals surface area (Å²) in [6.07, 6.45) is 9.07. The Labute approximate surface area is 192 Å². The average molecular weight is 452 g/mol. The van der Waals surface area contributed by atoms with E-state index in [0.717, 1.165) is 75.2 Å². The summed E-state index contributed by atoms with van der Waals surface area (Å²) in [6, 6.07) is 7.81. The summed E-state index contributed by atoms with van der Waals surface area (Å²) < 4.78 is 18.5. The van der Waals surface area contributed by atoms with Gasteiger partial charge in [-0.3, -0.25) is 14.7 Å². The van der Waals surface area contributed by atoms with Gasteiger partial charge in [-0.15, -0.1) is 0 Å². The Hall–Kier alpha value is -3.00. The SMILES string of the molecule is O=C(N[C@H]1CC[C@H](CCN2CCN(c3noc4ccncc34)CC2)CC1)c1ccc(F)cc1. The number of halogens is 1. The number of nitrogens with one attached hydrogen (secondary N) is 1. The number of nitrogens with zero attached hydrogens (tertiary/aromatic N) is 4. The van der Waals surface area contributed by atoms with Gasteiger partial charge in [0.2, 0.25) is 0 Å². The minimum atomic E-state index is -0.322. The number of carbonyl (C=O) groups is 1. The van der Waals surface area contributed by atoms with E-state index in [1.54, 1.807) is 6.20 Å². The molecular weight excluding hydrogens is 421 g/mol. The summed E-state index contributed by atoms with van der Waals surface area (Å²) in [5.74, 6) is 1.19. The molecule has 1 N–H and O–H groups in total. The minimum absolute atomic E-state index is 0.105. The van der Waals surface area contributed by atoms with E-state index in [2.05, 4.69) is 25.3 Å². The molecule has 7 nitrogen and oxygen atoms in total. The molecule has 1 amide bonds. The molecule has 3 aromatic rings. The topological polar surface area (TPSA) is 74.5 Å². The van der Waals surface area contributed by atoms with E-state index in [-0.39, 0.29) is 17.8 Å². The lowest BCUT2D eigenvalue weighted by molar-refractivity contribution is 0.0919. The van der Waals surface area contributed by atoms with Crippen molar-refractivity contribution < 1.29 is 13.7 Å². The summed E-state index contributed by atoms with van der Waals surface area (Å²) in [6.45, 7) is 5.05. The Morgan fingerprint density at radius 3 is 2.58 bits per heavy atom. The number of fused-ring (bicyclic) bond motifs is 1. The number of anilines is 1. The molecule has 8 heteroatoms. The highest BCUT2D eigenvalue weighted by atomic mass is 19.1. The fraction of sp³-hybridized carbons (Fsp3) is 0.480. The van der Waals surface area contributed by atoms with Crippen LogP contribution >= 0.6 is 0 Å². The molecule has 0 atom stereocenters. The molecule has 0 spiro atoms. The van der Waals surface area contributed by atoms with Crippen LogP contribution in [0.4, 0.5) is 10.2 Å². The molecule has 1 saturated heterocycles. The Kier molecular flexibility index (Phi) is 6.53. The molecule has 0 bridgehead atoms. The van der Waals surface area contributed by atoms with Gasteiger partial charge in [0, 0.05) is 56.2 Å². The van der Waals surface area contributed by atoms with Crippen molar-refractivity contribution in [1.82, 2.24) is 20.4 Å². The number of hydrogen-bond acceptors (Lipinski definition) is 6. The second kappa shape index (κ2) is 9.87. The minimum Gasteiger partial charge on any atom is -0.354 e. The van der Waals surface area contributed by atoms with Gasteiger partial charge in [0.25, 0.3) is 5.91 Å². The van der Waals surface area contributed by atoms with Crippen molar-refractivity contribution in [2.24, 2.45) is 5.92 Å². The number of carbonyl (C=O) groups excluding carboxylic acids is 1. The highest BCUT2D eigenvalue weighted by Gasteiger charge is 2.25. The van der Waals surface area contributed by atoms with Gasteiger partial charge < -0.3 is 14.7 Å². The van der Waals surface area contributed by atoms with Crippen molar-refractivity contribution in [3.63, 3.8) is 0 Å². The third kappa shape index (κ3) is 5.16. The van der Waals surface area contributed by atoms with Gasteiger partial charge in [0.1, 0.15) is 5.82 Å². The van der Waals surface area contributed by atoms with Crippen LogP contribution in [0.3, 0.4) is 0 Å². The molecule has 0 radical (unpaired) electrons. The first kappa shape index (κ1) is 21.8. The van der Waals surface area contributed by atoms with E-state index in [1.165, 1.54) is 30.7 Å². The van der Waals surface area contributed by atoms with Crippen molar-refractivity contribution in [1.29, 1.82) is 0 Å². The van der Waals surface area contributed by atoms with Crippen LogP contribution < -0.4 is 10.2 Å². The lowest BCUT2D eigenvalue weighted by Crippen LogP contribution is -2.47. The standard InChI is InChI=1S/C25H30FN5O2/c26-20-5-3-19(4-6-20)25(32)28-21-7-1-18(2-8-21)10-12-30-13-15-31(16-14-30)24-22-17-27-11-9-23(22)33-29-24/h3-6,9,11,17-18,21H,1-2,7-8,10,12-16H2,(H,28,32)/t18-,21-. The van der Waals surface area contributed by atoms with Crippen molar-refractivity contribution in [3.8, 4) is 0 Å². The predicted octanol–water partition coefficient (Wildman–Crippen LogP) is 3.86. The van der Waals surface area contributed by atoms with Gasteiger partial charge >= 0.3 is 0 Å². The van der Waals surface area contributed by atoms with Gasteiger partial charge in [-0.2, -0.15) is 0 Å². The first-order valence-corrected chi connectivity index (χ1v) is 11.9. The maximum Gasteiger partial charge on any atom is 0.251 e. The average Bonchev–Trinajstić information content (AvgIpc) is 3.28. The third-order valence-corrected chi connectivity index (χ3v) is 7.07. The molecule has 2 aliphatic rings. The number of aromatic nitrogens is 2. The van der Waals surface area contributed by atoms with Gasteiger partial charge in [0.15, 0.2) is 11.4 Å². The summed E-state index contributed by atoms with van der Waals surface area (Å²) in [7, 11) is 0. The number of amides is 1. The Morgan fingerprint density at radius 1 is 1.06 bits per heavy atom. The first-order chi connectivity index (χ1) is 16.2. The smallest absolute Gasteiger partial charge is 0.251 e. The van der Waals surface area contributed by atoms with Crippen molar-refractivity contribution in [2.45, 2.75) is 38.1 Å². The van der Waals surface area contributed by atoms with Crippen molar-refractivity contribution in [2.75, 3.05) is 37.6 Å². The number of piperazine rings is 1. The normalized spacial score (nSPS) is 21.9. The Bertz CT molecular complexity index is 1070. The zero-order valence-electron chi connectivity index (χ0n) is 18.8. The van der Waals surface area contributed by atoms with E-state index in [9.17, 15) is 9.18 Å². The largest absolute Gasteiger partial charge is 0.354 e. The van der Waals surface area contributed by atoms with E-state index < -0.39 is 0 Å². The molecule has 1 aliphatic carbocycles. The second-order valence-electron chi connectivity index (χ2n) is 9.19. The summed E-state index contributed by atoms with van der Waals surface area (Å²) in [5.41, 5.74) is 1.31. The Morgan fingerprint density at radius 2 is 1.82 bits per heavy atom. The Balaban J connectivity index is 1.02. The molecule has 33 heavy (non-hydrogen) atoms. The summed E-state index contributed by atoms with van der Waals surface area (Å²) in [5, 5.41) is 8.36. The van der Waals surface area contributed by atoms with Crippen LogP contribution in [0.25, 0.3) is 11.0 Å². The molecular formula is C25H30FN5O2. The van der Waals surface area contributed by atoms with Crippen LogP contribution in [0, 0.1) is 11.7 Å².